The second-order valence-electron chi connectivity index (χ2n) is 4.92. The molecule has 1 amide bonds. The number of carbonyl (C=O) groups is 1. The minimum atomic E-state index is -0.0123. The molecule has 0 saturated carbocycles. The van der Waals surface area contributed by atoms with Crippen LogP contribution in [-0.2, 0) is 4.79 Å². The predicted molar refractivity (Wildman–Crippen MR) is 76.7 cm³/mol. The summed E-state index contributed by atoms with van der Waals surface area (Å²) in [7, 11) is 0. The van der Waals surface area contributed by atoms with E-state index in [0.717, 1.165) is 18.7 Å². The summed E-state index contributed by atoms with van der Waals surface area (Å²) in [5, 5.41) is 14.7. The van der Waals surface area contributed by atoms with Gasteiger partial charge < -0.3 is 10.6 Å². The van der Waals surface area contributed by atoms with Gasteiger partial charge in [-0.05, 0) is 43.1 Å². The van der Waals surface area contributed by atoms with Crippen LogP contribution in [0.15, 0.2) is 24.3 Å². The molecule has 0 spiro atoms. The van der Waals surface area contributed by atoms with Crippen molar-refractivity contribution in [1.82, 2.24) is 5.32 Å². The fourth-order valence-corrected chi connectivity index (χ4v) is 1.57. The minimum absolute atomic E-state index is 0.0123. The molecule has 2 N–H and O–H groups in total. The van der Waals surface area contributed by atoms with E-state index < -0.39 is 0 Å². The first-order chi connectivity index (χ1) is 9.11. The molecule has 1 aromatic rings. The molecule has 102 valence electrons. The third kappa shape index (κ3) is 6.58. The highest BCUT2D eigenvalue weighted by molar-refractivity contribution is 5.90. The maximum absolute atomic E-state index is 11.6. The van der Waals surface area contributed by atoms with E-state index in [2.05, 4.69) is 24.5 Å². The average Bonchev–Trinajstić information content (AvgIpc) is 2.39. The van der Waals surface area contributed by atoms with Crippen LogP contribution in [0.3, 0.4) is 0 Å². The van der Waals surface area contributed by atoms with Gasteiger partial charge in [-0.1, -0.05) is 13.8 Å². The Kier molecular flexibility index (Phi) is 6.62. The molecule has 0 aliphatic heterocycles. The van der Waals surface area contributed by atoms with Crippen LogP contribution < -0.4 is 10.6 Å². The first-order valence-corrected chi connectivity index (χ1v) is 6.62. The second-order valence-corrected chi connectivity index (χ2v) is 4.92. The van der Waals surface area contributed by atoms with Gasteiger partial charge in [-0.2, -0.15) is 5.26 Å². The number of hydrogen-bond acceptors (Lipinski definition) is 3. The normalized spacial score (nSPS) is 10.2. The molecule has 0 atom stereocenters. The Balaban J connectivity index is 2.22. The Morgan fingerprint density at radius 1 is 1.26 bits per heavy atom. The average molecular weight is 259 g/mol. The van der Waals surface area contributed by atoms with E-state index >= 15 is 0 Å². The number of anilines is 1. The molecule has 1 rings (SSSR count). The first-order valence-electron chi connectivity index (χ1n) is 6.62. The highest BCUT2D eigenvalue weighted by atomic mass is 16.1. The van der Waals surface area contributed by atoms with Crippen LogP contribution >= 0.6 is 0 Å². The topological polar surface area (TPSA) is 64.9 Å². The van der Waals surface area contributed by atoms with E-state index in [1.165, 1.54) is 0 Å². The summed E-state index contributed by atoms with van der Waals surface area (Å²) in [6.45, 7) is 6.00. The molecule has 0 aliphatic carbocycles. The van der Waals surface area contributed by atoms with Crippen molar-refractivity contribution in [3.05, 3.63) is 29.8 Å². The minimum Gasteiger partial charge on any atom is -0.326 e. The molecular weight excluding hydrogens is 238 g/mol. The first kappa shape index (κ1) is 15.2. The largest absolute Gasteiger partial charge is 0.326 e. The lowest BCUT2D eigenvalue weighted by Crippen LogP contribution is -2.23. The van der Waals surface area contributed by atoms with E-state index in [9.17, 15) is 4.79 Å². The number of nitrogens with one attached hydrogen (secondary N) is 2. The van der Waals surface area contributed by atoms with Gasteiger partial charge in [0.05, 0.1) is 11.6 Å². The molecule has 0 unspecified atom stereocenters. The highest BCUT2D eigenvalue weighted by Gasteiger charge is 2.02. The molecule has 0 aromatic heterocycles. The van der Waals surface area contributed by atoms with Gasteiger partial charge >= 0.3 is 0 Å². The van der Waals surface area contributed by atoms with Gasteiger partial charge in [0.2, 0.25) is 5.91 Å². The van der Waals surface area contributed by atoms with Crippen LogP contribution in [0.4, 0.5) is 5.69 Å². The Morgan fingerprint density at radius 3 is 2.53 bits per heavy atom. The van der Waals surface area contributed by atoms with Gasteiger partial charge in [0.1, 0.15) is 0 Å². The molecule has 0 radical (unpaired) electrons. The number of nitriles is 1. The van der Waals surface area contributed by atoms with E-state index in [1.54, 1.807) is 24.3 Å². The summed E-state index contributed by atoms with van der Waals surface area (Å²) < 4.78 is 0. The van der Waals surface area contributed by atoms with Crippen molar-refractivity contribution >= 4 is 11.6 Å². The molecule has 0 heterocycles. The van der Waals surface area contributed by atoms with E-state index in [4.69, 9.17) is 5.26 Å². The number of hydrogen-bond donors (Lipinski definition) is 2. The summed E-state index contributed by atoms with van der Waals surface area (Å²) in [6, 6.07) is 8.90. The Bertz CT molecular complexity index is 432. The summed E-state index contributed by atoms with van der Waals surface area (Å²) in [6.07, 6.45) is 1.58. The number of rotatable bonds is 7. The van der Waals surface area contributed by atoms with Crippen molar-refractivity contribution in [1.29, 1.82) is 5.26 Å². The molecule has 4 heteroatoms. The molecule has 0 saturated heterocycles. The van der Waals surface area contributed by atoms with Crippen molar-refractivity contribution < 1.29 is 4.79 Å². The standard InChI is InChI=1S/C15H21N3O/c1-12(2)7-9-17-10-8-15(19)18-14-5-3-13(11-16)4-6-14/h3-6,12,17H,7-10H2,1-2H3,(H,18,19). The fourth-order valence-electron chi connectivity index (χ4n) is 1.57. The van der Waals surface area contributed by atoms with Crippen molar-refractivity contribution in [2.45, 2.75) is 26.7 Å². The zero-order valence-electron chi connectivity index (χ0n) is 11.6. The van der Waals surface area contributed by atoms with E-state index in [-0.39, 0.29) is 5.91 Å². The van der Waals surface area contributed by atoms with Crippen molar-refractivity contribution in [3.8, 4) is 6.07 Å². The SMILES string of the molecule is CC(C)CCNCCC(=O)Nc1ccc(C#N)cc1. The zero-order valence-corrected chi connectivity index (χ0v) is 11.6. The van der Waals surface area contributed by atoms with E-state index in [1.807, 2.05) is 6.07 Å². The third-order valence-electron chi connectivity index (χ3n) is 2.73. The van der Waals surface area contributed by atoms with E-state index in [0.29, 0.717) is 24.4 Å². The predicted octanol–water partition coefficient (Wildman–Crippen LogP) is 2.52. The quantitative estimate of drug-likeness (QED) is 0.739. The smallest absolute Gasteiger partial charge is 0.225 e. The number of nitrogens with zero attached hydrogens (tertiary/aromatic N) is 1. The second kappa shape index (κ2) is 8.28. The van der Waals surface area contributed by atoms with Gasteiger partial charge in [-0.25, -0.2) is 0 Å². The molecule has 0 fully saturated rings. The number of amides is 1. The fraction of sp³-hybridized carbons (Fsp3) is 0.467. The van der Waals surface area contributed by atoms with Gasteiger partial charge in [0.25, 0.3) is 0 Å². The van der Waals surface area contributed by atoms with Crippen molar-refractivity contribution in [2.75, 3.05) is 18.4 Å². The lowest BCUT2D eigenvalue weighted by molar-refractivity contribution is -0.116. The monoisotopic (exact) mass is 259 g/mol. The summed E-state index contributed by atoms with van der Waals surface area (Å²) in [5.74, 6) is 0.668. The maximum atomic E-state index is 11.6. The van der Waals surface area contributed by atoms with Gasteiger partial charge in [-0.15, -0.1) is 0 Å². The molecule has 0 bridgehead atoms. The van der Waals surface area contributed by atoms with Crippen LogP contribution in [0.1, 0.15) is 32.3 Å². The Hall–Kier alpha value is -1.86. The van der Waals surface area contributed by atoms with Crippen molar-refractivity contribution in [2.24, 2.45) is 5.92 Å². The van der Waals surface area contributed by atoms with Crippen LogP contribution in [0.5, 0.6) is 0 Å². The number of benzene rings is 1. The van der Waals surface area contributed by atoms with Crippen LogP contribution in [0.2, 0.25) is 0 Å². The summed E-state index contributed by atoms with van der Waals surface area (Å²) in [5.41, 5.74) is 1.32. The van der Waals surface area contributed by atoms with Crippen molar-refractivity contribution in [3.63, 3.8) is 0 Å². The van der Waals surface area contributed by atoms with Gasteiger partial charge in [0, 0.05) is 18.7 Å². The summed E-state index contributed by atoms with van der Waals surface area (Å²) in [4.78, 5) is 11.6. The highest BCUT2D eigenvalue weighted by Crippen LogP contribution is 2.08. The van der Waals surface area contributed by atoms with Crippen LogP contribution in [0.25, 0.3) is 0 Å². The van der Waals surface area contributed by atoms with Crippen LogP contribution in [-0.4, -0.2) is 19.0 Å². The molecule has 19 heavy (non-hydrogen) atoms. The third-order valence-corrected chi connectivity index (χ3v) is 2.73. The molecule has 4 nitrogen and oxygen atoms in total. The Morgan fingerprint density at radius 2 is 1.95 bits per heavy atom. The molecule has 1 aromatic carbocycles. The Labute approximate surface area is 114 Å². The number of carbonyl (C=O) groups excluding carboxylic acids is 1. The van der Waals surface area contributed by atoms with Gasteiger partial charge in [0.15, 0.2) is 0 Å². The van der Waals surface area contributed by atoms with Crippen LogP contribution in [0, 0.1) is 17.2 Å². The summed E-state index contributed by atoms with van der Waals surface area (Å²) >= 11 is 0. The molecular formula is C15H21N3O. The lowest BCUT2D eigenvalue weighted by atomic mass is 10.1. The lowest BCUT2D eigenvalue weighted by Gasteiger charge is -2.07. The maximum Gasteiger partial charge on any atom is 0.225 e. The van der Waals surface area contributed by atoms with Gasteiger partial charge in [-0.3, -0.25) is 4.79 Å². The molecule has 0 aliphatic rings. The zero-order chi connectivity index (χ0) is 14.1.